The lowest BCUT2D eigenvalue weighted by Gasteiger charge is -2.05. The molecule has 0 aliphatic carbocycles. The Balaban J connectivity index is 2.04. The van der Waals surface area contributed by atoms with E-state index in [2.05, 4.69) is 78.0 Å². The van der Waals surface area contributed by atoms with Gasteiger partial charge in [-0.1, -0.05) is 54.6 Å². The average Bonchev–Trinajstić information content (AvgIpc) is 2.98. The van der Waals surface area contributed by atoms with Crippen molar-refractivity contribution in [2.75, 3.05) is 0 Å². The van der Waals surface area contributed by atoms with Crippen LogP contribution in [0.15, 0.2) is 65.4 Å². The molecule has 2 heteroatoms. The minimum absolute atomic E-state index is 0.787. The molecule has 0 aliphatic rings. The Bertz CT molecular complexity index is 651. The summed E-state index contributed by atoms with van der Waals surface area (Å²) in [4.78, 5) is 0. The summed E-state index contributed by atoms with van der Waals surface area (Å²) in [5, 5.41) is 4.44. The highest BCUT2D eigenvalue weighted by Gasteiger charge is 2.08. The molecule has 0 saturated heterocycles. The predicted molar refractivity (Wildman–Crippen MR) is 87.9 cm³/mol. The lowest BCUT2D eigenvalue weighted by atomic mass is 9.98. The van der Waals surface area contributed by atoms with Gasteiger partial charge in [0.15, 0.2) is 0 Å². The number of benzene rings is 2. The molecule has 0 radical (unpaired) electrons. The van der Waals surface area contributed by atoms with Crippen molar-refractivity contribution in [2.24, 2.45) is 0 Å². The topological polar surface area (TPSA) is 0 Å². The molecule has 0 nitrogen and oxygen atoms in total. The van der Waals surface area contributed by atoms with Gasteiger partial charge in [0.1, 0.15) is 0 Å². The van der Waals surface area contributed by atoms with Gasteiger partial charge in [-0.05, 0) is 27.5 Å². The van der Waals surface area contributed by atoms with Gasteiger partial charge >= 0.3 is 0 Å². The first-order valence-corrected chi connectivity index (χ1v) is 7.78. The van der Waals surface area contributed by atoms with Crippen molar-refractivity contribution in [3.05, 3.63) is 70.9 Å². The van der Waals surface area contributed by atoms with Gasteiger partial charge in [0.05, 0.1) is 0 Å². The highest BCUT2D eigenvalue weighted by molar-refractivity contribution is 7.79. The van der Waals surface area contributed by atoms with Crippen LogP contribution in [0.1, 0.15) is 5.56 Å². The minimum Gasteiger partial charge on any atom is -0.175 e. The number of thiophene rings is 1. The molecule has 0 aliphatic heterocycles. The third-order valence-corrected chi connectivity index (χ3v) is 4.30. The quantitative estimate of drug-likeness (QED) is 0.601. The van der Waals surface area contributed by atoms with Crippen molar-refractivity contribution in [2.45, 2.75) is 5.75 Å². The third kappa shape index (κ3) is 2.60. The van der Waals surface area contributed by atoms with Crippen molar-refractivity contribution in [1.82, 2.24) is 0 Å². The first-order chi connectivity index (χ1) is 9.38. The van der Waals surface area contributed by atoms with Crippen LogP contribution >= 0.6 is 24.0 Å². The minimum atomic E-state index is 0.787. The normalized spacial score (nSPS) is 10.6. The first-order valence-electron chi connectivity index (χ1n) is 6.20. The van der Waals surface area contributed by atoms with E-state index in [9.17, 15) is 0 Å². The van der Waals surface area contributed by atoms with Gasteiger partial charge in [-0.2, -0.15) is 24.0 Å². The van der Waals surface area contributed by atoms with E-state index in [0.717, 1.165) is 5.75 Å². The number of thiol groups is 1. The lowest BCUT2D eigenvalue weighted by molar-refractivity contribution is 1.43. The summed E-state index contributed by atoms with van der Waals surface area (Å²) in [6.45, 7) is 0. The monoisotopic (exact) mass is 282 g/mol. The van der Waals surface area contributed by atoms with Gasteiger partial charge in [0, 0.05) is 16.9 Å². The molecule has 19 heavy (non-hydrogen) atoms. The highest BCUT2D eigenvalue weighted by Crippen LogP contribution is 2.35. The molecule has 0 N–H and O–H groups in total. The van der Waals surface area contributed by atoms with E-state index in [-0.39, 0.29) is 0 Å². The maximum Gasteiger partial charge on any atom is 0.0154 e. The van der Waals surface area contributed by atoms with Crippen molar-refractivity contribution >= 4 is 24.0 Å². The van der Waals surface area contributed by atoms with E-state index in [1.807, 2.05) is 0 Å². The first kappa shape index (κ1) is 12.5. The molecule has 3 aromatic rings. The molecule has 0 atom stereocenters. The Hall–Kier alpha value is -1.51. The summed E-state index contributed by atoms with van der Waals surface area (Å²) >= 11 is 6.05. The zero-order chi connectivity index (χ0) is 13.1. The van der Waals surface area contributed by atoms with E-state index in [1.54, 1.807) is 11.3 Å². The highest BCUT2D eigenvalue weighted by atomic mass is 32.1. The molecule has 0 bridgehead atoms. The van der Waals surface area contributed by atoms with Gasteiger partial charge in [0.2, 0.25) is 0 Å². The lowest BCUT2D eigenvalue weighted by Crippen LogP contribution is -1.82. The van der Waals surface area contributed by atoms with Crippen molar-refractivity contribution in [1.29, 1.82) is 0 Å². The Labute approximate surface area is 123 Å². The van der Waals surface area contributed by atoms with Crippen LogP contribution < -0.4 is 0 Å². The Morgan fingerprint density at radius 3 is 1.89 bits per heavy atom. The maximum absolute atomic E-state index is 4.30. The molecule has 1 heterocycles. The van der Waals surface area contributed by atoms with Crippen LogP contribution in [-0.4, -0.2) is 0 Å². The zero-order valence-corrected chi connectivity index (χ0v) is 12.1. The van der Waals surface area contributed by atoms with Gasteiger partial charge in [-0.15, -0.1) is 0 Å². The Morgan fingerprint density at radius 1 is 0.737 bits per heavy atom. The van der Waals surface area contributed by atoms with Crippen LogP contribution in [0.25, 0.3) is 22.3 Å². The second-order valence-corrected chi connectivity index (χ2v) is 5.48. The number of hydrogen-bond donors (Lipinski definition) is 1. The fourth-order valence-electron chi connectivity index (χ4n) is 2.15. The molecule has 0 amide bonds. The van der Waals surface area contributed by atoms with E-state index < -0.39 is 0 Å². The largest absolute Gasteiger partial charge is 0.175 e. The predicted octanol–water partition coefficient (Wildman–Crippen LogP) is 5.51. The smallest absolute Gasteiger partial charge is 0.0154 e. The Morgan fingerprint density at radius 2 is 1.32 bits per heavy atom. The fraction of sp³-hybridized carbons (Fsp3) is 0.0588. The van der Waals surface area contributed by atoms with E-state index >= 15 is 0 Å². The molecule has 0 spiro atoms. The molecule has 0 unspecified atom stereocenters. The Kier molecular flexibility index (Phi) is 3.72. The van der Waals surface area contributed by atoms with E-state index in [0.29, 0.717) is 0 Å². The van der Waals surface area contributed by atoms with Crippen LogP contribution in [0.4, 0.5) is 0 Å². The molecule has 3 rings (SSSR count). The molecular weight excluding hydrogens is 268 g/mol. The summed E-state index contributed by atoms with van der Waals surface area (Å²) in [5.74, 6) is 0.787. The van der Waals surface area contributed by atoms with Gasteiger partial charge in [-0.3, -0.25) is 0 Å². The third-order valence-electron chi connectivity index (χ3n) is 3.19. The molecule has 0 fully saturated rings. The molecule has 2 aromatic carbocycles. The summed E-state index contributed by atoms with van der Waals surface area (Å²) in [7, 11) is 0. The molecule has 1 aromatic heterocycles. The van der Waals surface area contributed by atoms with E-state index in [4.69, 9.17) is 0 Å². The van der Waals surface area contributed by atoms with Gasteiger partial charge in [-0.25, -0.2) is 0 Å². The second kappa shape index (κ2) is 5.64. The fourth-order valence-corrected chi connectivity index (χ4v) is 3.23. The van der Waals surface area contributed by atoms with Crippen LogP contribution in [0.3, 0.4) is 0 Å². The maximum atomic E-state index is 4.30. The van der Waals surface area contributed by atoms with Crippen molar-refractivity contribution in [3.8, 4) is 22.3 Å². The van der Waals surface area contributed by atoms with Crippen LogP contribution in [0.2, 0.25) is 0 Å². The molecule has 94 valence electrons. The summed E-state index contributed by atoms with van der Waals surface area (Å²) in [6, 6.07) is 19.2. The summed E-state index contributed by atoms with van der Waals surface area (Å²) in [5.41, 5.74) is 6.41. The molecular formula is C17H14S2. The zero-order valence-electron chi connectivity index (χ0n) is 10.4. The summed E-state index contributed by atoms with van der Waals surface area (Å²) < 4.78 is 0. The molecule has 0 saturated carbocycles. The number of rotatable bonds is 3. The number of hydrogen-bond acceptors (Lipinski definition) is 2. The van der Waals surface area contributed by atoms with Crippen molar-refractivity contribution < 1.29 is 0 Å². The van der Waals surface area contributed by atoms with Gasteiger partial charge in [0.25, 0.3) is 0 Å². The van der Waals surface area contributed by atoms with E-state index in [1.165, 1.54) is 27.8 Å². The average molecular weight is 282 g/mol. The van der Waals surface area contributed by atoms with Gasteiger partial charge < -0.3 is 0 Å². The van der Waals surface area contributed by atoms with Crippen LogP contribution in [-0.2, 0) is 5.75 Å². The van der Waals surface area contributed by atoms with Crippen LogP contribution in [0, 0.1) is 0 Å². The van der Waals surface area contributed by atoms with Crippen molar-refractivity contribution in [3.63, 3.8) is 0 Å². The SMILES string of the molecule is SCc1ccc(-c2cscc2-c2ccccc2)cc1. The summed E-state index contributed by atoms with van der Waals surface area (Å²) in [6.07, 6.45) is 0. The van der Waals surface area contributed by atoms with Crippen LogP contribution in [0.5, 0.6) is 0 Å². The second-order valence-electron chi connectivity index (χ2n) is 4.42. The standard InChI is InChI=1S/C17H14S2/c18-10-13-6-8-15(9-7-13)17-12-19-11-16(17)14-4-2-1-3-5-14/h1-9,11-12,18H,10H2.